The fourth-order valence-corrected chi connectivity index (χ4v) is 4.77. The lowest BCUT2D eigenvalue weighted by atomic mass is 10.1. The SMILES string of the molecule is Nc1ccc2cc(S(=O)(=O)O)c(/N=N/c3c(O)ccc4cccc(S(=O)(=O)O)c34)c(O)c2c1. The van der Waals surface area contributed by atoms with Crippen LogP contribution in [0.1, 0.15) is 0 Å². The van der Waals surface area contributed by atoms with E-state index in [0.717, 1.165) is 12.1 Å². The lowest BCUT2D eigenvalue weighted by molar-refractivity contribution is 0.471. The molecule has 0 radical (unpaired) electrons. The first kappa shape index (κ1) is 22.4. The van der Waals surface area contributed by atoms with Crippen LogP contribution in [0.5, 0.6) is 11.5 Å². The highest BCUT2D eigenvalue weighted by atomic mass is 32.2. The number of rotatable bonds is 4. The summed E-state index contributed by atoms with van der Waals surface area (Å²) in [5.74, 6) is -1.22. The molecule has 0 aromatic heterocycles. The topological polar surface area (TPSA) is 200 Å². The van der Waals surface area contributed by atoms with Crippen LogP contribution < -0.4 is 5.73 Å². The summed E-state index contributed by atoms with van der Waals surface area (Å²) < 4.78 is 66.8. The van der Waals surface area contributed by atoms with Crippen LogP contribution in [0.3, 0.4) is 0 Å². The number of anilines is 1. The third-order valence-corrected chi connectivity index (χ3v) is 6.60. The van der Waals surface area contributed by atoms with E-state index in [9.17, 15) is 36.2 Å². The van der Waals surface area contributed by atoms with E-state index in [0.29, 0.717) is 0 Å². The second-order valence-corrected chi connectivity index (χ2v) is 9.77. The molecule has 0 aliphatic heterocycles. The van der Waals surface area contributed by atoms with Crippen LogP contribution in [0.15, 0.2) is 74.6 Å². The summed E-state index contributed by atoms with van der Waals surface area (Å²) in [6.07, 6.45) is 0. The van der Waals surface area contributed by atoms with Gasteiger partial charge in [-0.3, -0.25) is 9.11 Å². The maximum Gasteiger partial charge on any atom is 0.296 e. The quantitative estimate of drug-likeness (QED) is 0.160. The van der Waals surface area contributed by atoms with E-state index in [2.05, 4.69) is 10.2 Å². The van der Waals surface area contributed by atoms with Gasteiger partial charge in [0.25, 0.3) is 20.2 Å². The zero-order valence-electron chi connectivity index (χ0n) is 16.4. The van der Waals surface area contributed by atoms with Gasteiger partial charge in [0.05, 0.1) is 0 Å². The van der Waals surface area contributed by atoms with Crippen molar-refractivity contribution in [3.05, 3.63) is 54.6 Å². The fourth-order valence-electron chi connectivity index (χ4n) is 3.38. The Labute approximate surface area is 186 Å². The highest BCUT2D eigenvalue weighted by Gasteiger charge is 2.23. The molecule has 4 aromatic rings. The van der Waals surface area contributed by atoms with Gasteiger partial charge >= 0.3 is 0 Å². The summed E-state index contributed by atoms with van der Waals surface area (Å²) in [5, 5.41) is 28.9. The number of azo groups is 1. The summed E-state index contributed by atoms with van der Waals surface area (Å²) in [4.78, 5) is -1.36. The molecule has 0 heterocycles. The normalized spacial score (nSPS) is 12.7. The second-order valence-electron chi connectivity index (χ2n) is 6.99. The zero-order valence-corrected chi connectivity index (χ0v) is 18.0. The maximum absolute atomic E-state index is 11.9. The van der Waals surface area contributed by atoms with Crippen LogP contribution in [-0.4, -0.2) is 36.2 Å². The molecule has 170 valence electrons. The molecule has 0 saturated heterocycles. The summed E-state index contributed by atoms with van der Waals surface area (Å²) in [6, 6.07) is 11.8. The van der Waals surface area contributed by atoms with E-state index in [1.807, 2.05) is 0 Å². The molecular formula is C20H15N3O8S2. The third kappa shape index (κ3) is 4.05. The number of benzene rings is 4. The smallest absolute Gasteiger partial charge is 0.296 e. The number of aromatic hydroxyl groups is 2. The molecule has 0 aliphatic carbocycles. The molecule has 0 spiro atoms. The summed E-state index contributed by atoms with van der Waals surface area (Å²) in [5.41, 5.74) is 4.89. The Hall–Kier alpha value is -3.78. The number of hydrogen-bond acceptors (Lipinski definition) is 9. The van der Waals surface area contributed by atoms with Crippen LogP contribution in [-0.2, 0) is 20.2 Å². The predicted octanol–water partition coefficient (Wildman–Crippen LogP) is 3.90. The van der Waals surface area contributed by atoms with Gasteiger partial charge in [0.15, 0.2) is 5.75 Å². The van der Waals surface area contributed by atoms with Gasteiger partial charge in [-0.1, -0.05) is 24.3 Å². The Morgan fingerprint density at radius 1 is 0.727 bits per heavy atom. The standard InChI is InChI=1S/C20H15N3O8S2/c21-12-6-4-11-8-16(33(29,30)31)19(20(25)13(11)9-12)23-22-18-14(24)7-5-10-2-1-3-15(17(10)18)32(26,27)28/h1-9,24-25H,21H2,(H,26,27,28)(H,29,30,31)/b23-22+. The van der Waals surface area contributed by atoms with Crippen LogP contribution >= 0.6 is 0 Å². The zero-order chi connectivity index (χ0) is 24.1. The van der Waals surface area contributed by atoms with Crippen molar-refractivity contribution in [1.82, 2.24) is 0 Å². The molecule has 0 saturated carbocycles. The molecule has 4 rings (SSSR count). The molecule has 6 N–H and O–H groups in total. The minimum Gasteiger partial charge on any atom is -0.506 e. The molecule has 11 nitrogen and oxygen atoms in total. The van der Waals surface area contributed by atoms with Gasteiger partial charge in [0, 0.05) is 16.5 Å². The summed E-state index contributed by atoms with van der Waals surface area (Å²) in [6.45, 7) is 0. The first-order valence-electron chi connectivity index (χ1n) is 9.04. The predicted molar refractivity (Wildman–Crippen MR) is 119 cm³/mol. The molecule has 0 fully saturated rings. The molecule has 0 atom stereocenters. The first-order valence-corrected chi connectivity index (χ1v) is 11.9. The van der Waals surface area contributed by atoms with Crippen molar-refractivity contribution in [2.75, 3.05) is 5.73 Å². The number of phenolic OH excluding ortho intramolecular Hbond substituents is 2. The van der Waals surface area contributed by atoms with E-state index in [1.165, 1.54) is 42.5 Å². The molecule has 0 bridgehead atoms. The highest BCUT2D eigenvalue weighted by Crippen LogP contribution is 2.44. The Bertz CT molecular complexity index is 1700. The van der Waals surface area contributed by atoms with Crippen molar-refractivity contribution < 1.29 is 36.2 Å². The summed E-state index contributed by atoms with van der Waals surface area (Å²) in [7, 11) is -9.63. The minimum absolute atomic E-state index is 0.108. The average Bonchev–Trinajstić information content (AvgIpc) is 2.72. The van der Waals surface area contributed by atoms with E-state index in [-0.39, 0.29) is 27.2 Å². The molecule has 0 unspecified atom stereocenters. The number of nitrogens with zero attached hydrogens (tertiary/aromatic N) is 2. The number of nitrogens with two attached hydrogens (primary N) is 1. The van der Waals surface area contributed by atoms with Crippen molar-refractivity contribution in [1.29, 1.82) is 0 Å². The largest absolute Gasteiger partial charge is 0.506 e. The van der Waals surface area contributed by atoms with Crippen molar-refractivity contribution >= 4 is 58.8 Å². The lowest BCUT2D eigenvalue weighted by Gasteiger charge is -2.10. The van der Waals surface area contributed by atoms with Crippen molar-refractivity contribution in [2.24, 2.45) is 10.2 Å². The van der Waals surface area contributed by atoms with Gasteiger partial charge in [-0.15, -0.1) is 10.2 Å². The Balaban J connectivity index is 2.06. The Morgan fingerprint density at radius 2 is 1.36 bits per heavy atom. The first-order chi connectivity index (χ1) is 15.4. The molecule has 0 aliphatic rings. The average molecular weight is 489 g/mol. The summed E-state index contributed by atoms with van der Waals surface area (Å²) >= 11 is 0. The molecule has 13 heteroatoms. The fraction of sp³-hybridized carbons (Fsp3) is 0. The minimum atomic E-state index is -4.89. The van der Waals surface area contributed by atoms with Gasteiger partial charge in [-0.2, -0.15) is 16.8 Å². The van der Waals surface area contributed by atoms with E-state index in [4.69, 9.17) is 5.73 Å². The van der Waals surface area contributed by atoms with E-state index < -0.39 is 52.9 Å². The van der Waals surface area contributed by atoms with Gasteiger partial charge in [-0.25, -0.2) is 0 Å². The Morgan fingerprint density at radius 3 is 2.03 bits per heavy atom. The maximum atomic E-state index is 11.9. The highest BCUT2D eigenvalue weighted by molar-refractivity contribution is 7.86. The van der Waals surface area contributed by atoms with Crippen LogP contribution in [0.25, 0.3) is 21.5 Å². The monoisotopic (exact) mass is 489 g/mol. The van der Waals surface area contributed by atoms with Crippen molar-refractivity contribution in [2.45, 2.75) is 9.79 Å². The molecule has 0 amide bonds. The van der Waals surface area contributed by atoms with E-state index in [1.54, 1.807) is 0 Å². The van der Waals surface area contributed by atoms with Gasteiger partial charge < -0.3 is 15.9 Å². The number of fused-ring (bicyclic) bond motifs is 2. The number of hydrogen-bond donors (Lipinski definition) is 5. The van der Waals surface area contributed by atoms with Crippen LogP contribution in [0.4, 0.5) is 17.1 Å². The van der Waals surface area contributed by atoms with E-state index >= 15 is 0 Å². The number of phenols is 2. The van der Waals surface area contributed by atoms with Gasteiger partial charge in [-0.05, 0) is 41.1 Å². The molecule has 4 aromatic carbocycles. The second kappa shape index (κ2) is 7.67. The van der Waals surface area contributed by atoms with Crippen LogP contribution in [0.2, 0.25) is 0 Å². The van der Waals surface area contributed by atoms with Gasteiger partial charge in [0.2, 0.25) is 0 Å². The molecule has 33 heavy (non-hydrogen) atoms. The van der Waals surface area contributed by atoms with Crippen molar-refractivity contribution in [3.8, 4) is 11.5 Å². The third-order valence-electron chi connectivity index (χ3n) is 4.84. The lowest BCUT2D eigenvalue weighted by Crippen LogP contribution is -1.99. The van der Waals surface area contributed by atoms with Gasteiger partial charge in [0.1, 0.15) is 26.9 Å². The molecular weight excluding hydrogens is 474 g/mol. The Kier molecular flexibility index (Phi) is 5.21. The number of nitrogen functional groups attached to an aromatic ring is 1. The van der Waals surface area contributed by atoms with Crippen LogP contribution in [0, 0.1) is 0 Å². The van der Waals surface area contributed by atoms with Crippen molar-refractivity contribution in [3.63, 3.8) is 0 Å².